The topological polar surface area (TPSA) is 86.7 Å². The summed E-state index contributed by atoms with van der Waals surface area (Å²) in [5, 5.41) is 0. The van der Waals surface area contributed by atoms with E-state index in [1.807, 2.05) is 23.5 Å². The van der Waals surface area contributed by atoms with Gasteiger partial charge in [-0.05, 0) is 62.4 Å². The molecule has 6 rings (SSSR count). The van der Waals surface area contributed by atoms with Gasteiger partial charge in [-0.3, -0.25) is 8.42 Å². The molecule has 252 valence electrons. The molecular formula is C36H46N4O4S3. The van der Waals surface area contributed by atoms with Crippen LogP contribution >= 0.6 is 23.5 Å². The quantitative estimate of drug-likeness (QED) is 0.117. The lowest BCUT2D eigenvalue weighted by molar-refractivity contribution is -0.892. The van der Waals surface area contributed by atoms with Gasteiger partial charge in [0.15, 0.2) is 0 Å². The van der Waals surface area contributed by atoms with Gasteiger partial charge in [0.2, 0.25) is 0 Å². The van der Waals surface area contributed by atoms with Crippen molar-refractivity contribution in [1.82, 2.24) is 0 Å². The molecule has 8 nitrogen and oxygen atoms in total. The van der Waals surface area contributed by atoms with Crippen molar-refractivity contribution < 1.29 is 26.5 Å². The number of hydrogen-bond donors (Lipinski definition) is 0. The number of hydrogen-bond acceptors (Lipinski definition) is 8. The Labute approximate surface area is 289 Å². The highest BCUT2D eigenvalue weighted by molar-refractivity contribution is 8.00. The maximum atomic E-state index is 8.52. The molecule has 0 aromatic heterocycles. The third-order valence-corrected chi connectivity index (χ3v) is 10.9. The lowest BCUT2D eigenvalue weighted by Gasteiger charge is -2.39. The van der Waals surface area contributed by atoms with E-state index >= 15 is 0 Å². The second-order valence-electron chi connectivity index (χ2n) is 13.6. The van der Waals surface area contributed by atoms with Crippen LogP contribution in [0.4, 0.5) is 22.7 Å². The van der Waals surface area contributed by atoms with Gasteiger partial charge in [-0.2, -0.15) is 0 Å². The number of rotatable bonds is 6. The van der Waals surface area contributed by atoms with E-state index in [-0.39, 0.29) is 0 Å². The van der Waals surface area contributed by atoms with Crippen molar-refractivity contribution in [3.05, 3.63) is 97.1 Å². The molecule has 2 aliphatic rings. The van der Waals surface area contributed by atoms with Gasteiger partial charge in [-0.15, -0.1) is 0 Å². The first-order chi connectivity index (χ1) is 21.9. The molecule has 0 saturated carbocycles. The van der Waals surface area contributed by atoms with Gasteiger partial charge in [-0.25, -0.2) is 0 Å². The van der Waals surface area contributed by atoms with E-state index < -0.39 is 10.4 Å². The molecule has 47 heavy (non-hydrogen) atoms. The van der Waals surface area contributed by atoms with E-state index in [0.29, 0.717) is 12.1 Å². The van der Waals surface area contributed by atoms with Crippen molar-refractivity contribution in [2.24, 2.45) is 0 Å². The third-order valence-electron chi connectivity index (χ3n) is 8.60. The zero-order valence-electron chi connectivity index (χ0n) is 28.5. The molecular weight excluding hydrogens is 649 g/mol. The van der Waals surface area contributed by atoms with Crippen LogP contribution in [0.1, 0.15) is 13.8 Å². The molecule has 0 aliphatic carbocycles. The number of likely N-dealkylation sites (N-methyl/N-ethyl adjacent to an activating group) is 2. The first-order valence-corrected chi connectivity index (χ1v) is 18.5. The van der Waals surface area contributed by atoms with Gasteiger partial charge in [0.05, 0.1) is 78.1 Å². The predicted molar refractivity (Wildman–Crippen MR) is 193 cm³/mol. The Morgan fingerprint density at radius 2 is 0.745 bits per heavy atom. The van der Waals surface area contributed by atoms with Gasteiger partial charge >= 0.3 is 0 Å². The molecule has 2 atom stereocenters. The summed E-state index contributed by atoms with van der Waals surface area (Å²) >= 11 is 3.75. The van der Waals surface area contributed by atoms with Crippen LogP contribution in [0.15, 0.2) is 117 Å². The van der Waals surface area contributed by atoms with Gasteiger partial charge in [0.1, 0.15) is 12.1 Å². The normalized spacial score (nSPS) is 14.9. The number of quaternary nitrogens is 2. The highest BCUT2D eigenvalue weighted by Gasteiger charge is 2.29. The van der Waals surface area contributed by atoms with E-state index in [9.17, 15) is 0 Å². The Bertz CT molecular complexity index is 1560. The second kappa shape index (κ2) is 15.0. The van der Waals surface area contributed by atoms with Crippen molar-refractivity contribution in [3.8, 4) is 0 Å². The molecule has 0 N–H and O–H groups in total. The predicted octanol–water partition coefficient (Wildman–Crippen LogP) is 7.43. The number of fused-ring (bicyclic) bond motifs is 4. The molecule has 0 spiro atoms. The highest BCUT2D eigenvalue weighted by Crippen LogP contribution is 2.49. The monoisotopic (exact) mass is 694 g/mol. The lowest BCUT2D eigenvalue weighted by atomic mass is 10.1. The van der Waals surface area contributed by atoms with Crippen LogP contribution in [0.5, 0.6) is 0 Å². The first-order valence-electron chi connectivity index (χ1n) is 15.5. The Kier molecular flexibility index (Phi) is 11.8. The second-order valence-corrected chi connectivity index (χ2v) is 16.6. The van der Waals surface area contributed by atoms with E-state index in [0.717, 1.165) is 22.1 Å². The van der Waals surface area contributed by atoms with Gasteiger partial charge in [0.25, 0.3) is 0 Å². The minimum Gasteiger partial charge on any atom is -0.759 e. The fourth-order valence-electron chi connectivity index (χ4n) is 4.97. The van der Waals surface area contributed by atoms with Gasteiger partial charge in [-0.1, -0.05) is 72.1 Å². The molecule has 2 aliphatic heterocycles. The van der Waals surface area contributed by atoms with Gasteiger partial charge < -0.3 is 27.9 Å². The summed E-state index contributed by atoms with van der Waals surface area (Å²) in [6.45, 7) is 6.70. The van der Waals surface area contributed by atoms with Crippen LogP contribution in [-0.4, -0.2) is 93.9 Å². The van der Waals surface area contributed by atoms with E-state index in [4.69, 9.17) is 17.5 Å². The Hall–Kier alpha value is -3.03. The number of benzene rings is 4. The summed E-state index contributed by atoms with van der Waals surface area (Å²) in [4.78, 5) is 10.4. The van der Waals surface area contributed by atoms with Crippen LogP contribution in [0, 0.1) is 0 Å². The van der Waals surface area contributed by atoms with Crippen molar-refractivity contribution in [2.75, 3.05) is 65.2 Å². The Morgan fingerprint density at radius 3 is 0.957 bits per heavy atom. The lowest BCUT2D eigenvalue weighted by Crippen LogP contribution is -2.49. The van der Waals surface area contributed by atoms with Crippen LogP contribution in [0.2, 0.25) is 0 Å². The maximum absolute atomic E-state index is 8.52. The summed E-state index contributed by atoms with van der Waals surface area (Å²) in [6.07, 6.45) is 0. The SMILES string of the molecule is CC(CN1c2ccccc2Sc2ccccc21)[N+](C)(C)C.CC(CN1c2ccccc2Sc2ccccc21)[N+](C)(C)C.O=S(=O)([O-])[O-]. The van der Waals surface area contributed by atoms with Crippen LogP contribution in [0.25, 0.3) is 0 Å². The molecule has 0 amide bonds. The van der Waals surface area contributed by atoms with Crippen molar-refractivity contribution >= 4 is 56.7 Å². The number of anilines is 4. The zero-order valence-corrected chi connectivity index (χ0v) is 30.9. The highest BCUT2D eigenvalue weighted by atomic mass is 32.3. The van der Waals surface area contributed by atoms with E-state index in [2.05, 4.69) is 163 Å². The minimum absolute atomic E-state index is 0.550. The summed E-state index contributed by atoms with van der Waals surface area (Å²) in [7, 11) is 8.42. The number of nitrogens with zero attached hydrogens (tertiary/aromatic N) is 4. The fraction of sp³-hybridized carbons (Fsp3) is 0.333. The molecule has 11 heteroatoms. The Balaban J connectivity index is 0.000000186. The largest absolute Gasteiger partial charge is 0.759 e. The molecule has 2 heterocycles. The molecule has 0 bridgehead atoms. The van der Waals surface area contributed by atoms with E-state index in [1.54, 1.807) is 0 Å². The van der Waals surface area contributed by atoms with Crippen molar-refractivity contribution in [1.29, 1.82) is 0 Å². The third kappa shape index (κ3) is 9.99. The van der Waals surface area contributed by atoms with Crippen LogP contribution in [0.3, 0.4) is 0 Å². The van der Waals surface area contributed by atoms with Crippen LogP contribution < -0.4 is 9.80 Å². The maximum Gasteiger partial charge on any atom is 0.104 e. The molecule has 4 aromatic carbocycles. The average Bonchev–Trinajstić information content (AvgIpc) is 2.99. The fourth-order valence-corrected chi connectivity index (χ4v) is 7.17. The summed E-state index contributed by atoms with van der Waals surface area (Å²) in [6, 6.07) is 36.0. The summed E-state index contributed by atoms with van der Waals surface area (Å²) in [5.74, 6) is 0. The number of para-hydroxylation sites is 4. The van der Waals surface area contributed by atoms with Crippen LogP contribution in [-0.2, 0) is 10.4 Å². The first kappa shape index (κ1) is 36.8. The molecule has 4 aromatic rings. The van der Waals surface area contributed by atoms with Gasteiger partial charge in [0, 0.05) is 30.0 Å². The summed E-state index contributed by atoms with van der Waals surface area (Å²) in [5.41, 5.74) is 5.34. The standard InChI is InChI=1S/2C18H23N2S.H2O4S/c2*1-14(20(2,3)4)13-19-15-9-5-7-11-17(15)21-18-12-8-6-10-16(18)19;1-5(2,3)4/h2*5-12,14H,13H2,1-4H3;(H2,1,2,3,4)/q2*+1;/p-2. The molecule has 0 fully saturated rings. The minimum atomic E-state index is -5.17. The molecule has 2 unspecified atom stereocenters. The van der Waals surface area contributed by atoms with Crippen molar-refractivity contribution in [2.45, 2.75) is 45.5 Å². The molecule has 0 saturated heterocycles. The summed E-state index contributed by atoms with van der Waals surface area (Å²) < 4.78 is 36.0. The van der Waals surface area contributed by atoms with E-state index in [1.165, 1.54) is 42.3 Å². The molecule has 0 radical (unpaired) electrons. The Morgan fingerprint density at radius 1 is 0.532 bits per heavy atom. The van der Waals surface area contributed by atoms with Crippen molar-refractivity contribution in [3.63, 3.8) is 0 Å². The zero-order chi connectivity index (χ0) is 34.6. The average molecular weight is 695 g/mol. The smallest absolute Gasteiger partial charge is 0.104 e.